The molecule has 18 heavy (non-hydrogen) atoms. The summed E-state index contributed by atoms with van der Waals surface area (Å²) in [5.41, 5.74) is 0. The average Bonchev–Trinajstić information content (AvgIpc) is 2.98. The Hall–Kier alpha value is 0.0743. The van der Waals surface area contributed by atoms with Crippen LogP contribution in [0, 0.1) is 6.08 Å². The Kier molecular flexibility index (Phi) is 53.2. The van der Waals surface area contributed by atoms with Crippen molar-refractivity contribution >= 4 is 0 Å². The number of rotatable bonds is 3. The minimum atomic E-state index is 0. The van der Waals surface area contributed by atoms with Crippen LogP contribution in [0.15, 0.2) is 18.2 Å². The van der Waals surface area contributed by atoms with Gasteiger partial charge in [-0.2, -0.15) is 6.08 Å². The van der Waals surface area contributed by atoms with E-state index in [9.17, 15) is 0 Å². The molecule has 0 radical (unpaired) electrons. The van der Waals surface area contributed by atoms with Crippen LogP contribution in [-0.4, -0.2) is 35.1 Å². The van der Waals surface area contributed by atoms with E-state index in [1.54, 1.807) is 0 Å². The normalized spacial score (nSPS) is 9.89. The van der Waals surface area contributed by atoms with E-state index in [4.69, 9.17) is 15.3 Å². The van der Waals surface area contributed by atoms with Crippen molar-refractivity contribution in [3.05, 3.63) is 24.3 Å². The molecule has 0 aromatic rings. The van der Waals surface area contributed by atoms with Crippen molar-refractivity contribution in [2.45, 2.75) is 46.5 Å². The number of aliphatic hydroxyl groups is 3. The zero-order chi connectivity index (χ0) is 13.8. The Bertz CT molecular complexity index is 122. The number of hydrogen-bond donors (Lipinski definition) is 3. The van der Waals surface area contributed by atoms with Crippen LogP contribution in [0.1, 0.15) is 46.5 Å². The second-order valence-corrected chi connectivity index (χ2v) is 3.17. The van der Waals surface area contributed by atoms with Gasteiger partial charge in [-0.3, -0.25) is 6.08 Å². The summed E-state index contributed by atoms with van der Waals surface area (Å²) in [4.78, 5) is 0. The first-order valence-corrected chi connectivity index (χ1v) is 6.29. The molecule has 108 valence electrons. The van der Waals surface area contributed by atoms with Crippen molar-refractivity contribution in [1.29, 1.82) is 0 Å². The summed E-state index contributed by atoms with van der Waals surface area (Å²) < 4.78 is 0. The fraction of sp³-hybridized carbons (Fsp3) is 0.714. The average molecular weight is 293 g/mol. The first-order valence-electron chi connectivity index (χ1n) is 6.29. The van der Waals surface area contributed by atoms with Crippen LogP contribution >= 0.6 is 0 Å². The molecule has 3 nitrogen and oxygen atoms in total. The third-order valence-electron chi connectivity index (χ3n) is 1.26. The summed E-state index contributed by atoms with van der Waals surface area (Å²) >= 11 is 0. The Morgan fingerprint density at radius 1 is 0.889 bits per heavy atom. The zero-order valence-corrected chi connectivity index (χ0v) is 13.6. The third-order valence-corrected chi connectivity index (χ3v) is 1.26. The molecule has 0 saturated carbocycles. The van der Waals surface area contributed by atoms with E-state index < -0.39 is 0 Å². The fourth-order valence-electron chi connectivity index (χ4n) is 0.340. The number of aliphatic hydroxyl groups excluding tert-OH is 3. The molecule has 0 saturated heterocycles. The molecule has 3 N–H and O–H groups in total. The third kappa shape index (κ3) is 56.0. The minimum Gasteiger partial charge on any atom is -0.396 e. The SMILES string of the molecule is CCCO.CCCO.CCCO.[C-]1=CC=CC1.[Ti]. The van der Waals surface area contributed by atoms with Gasteiger partial charge in [0.25, 0.3) is 0 Å². The molecule has 0 aromatic carbocycles. The summed E-state index contributed by atoms with van der Waals surface area (Å²) in [6.07, 6.45) is 12.6. The number of allylic oxidation sites excluding steroid dienone is 4. The van der Waals surface area contributed by atoms with Crippen LogP contribution in [0.4, 0.5) is 0 Å². The molecule has 0 atom stereocenters. The quantitative estimate of drug-likeness (QED) is 0.553. The summed E-state index contributed by atoms with van der Waals surface area (Å²) in [6, 6.07) is 0. The molecule has 0 spiro atoms. The first-order chi connectivity index (χ1) is 8.24. The van der Waals surface area contributed by atoms with E-state index in [-0.39, 0.29) is 21.7 Å². The monoisotopic (exact) mass is 293 g/mol. The molecule has 1 aliphatic carbocycles. The Labute approximate surface area is 128 Å². The van der Waals surface area contributed by atoms with Crippen LogP contribution in [0.25, 0.3) is 0 Å². The van der Waals surface area contributed by atoms with Gasteiger partial charge in [0, 0.05) is 41.5 Å². The summed E-state index contributed by atoms with van der Waals surface area (Å²) in [7, 11) is 0. The van der Waals surface area contributed by atoms with E-state index in [2.05, 4.69) is 12.2 Å². The predicted molar refractivity (Wildman–Crippen MR) is 73.7 cm³/mol. The Morgan fingerprint density at radius 2 is 1.22 bits per heavy atom. The van der Waals surface area contributed by atoms with Crippen molar-refractivity contribution in [2.24, 2.45) is 0 Å². The molecule has 0 heterocycles. The summed E-state index contributed by atoms with van der Waals surface area (Å²) in [5.74, 6) is 0. The van der Waals surface area contributed by atoms with Crippen LogP contribution in [0.3, 0.4) is 0 Å². The van der Waals surface area contributed by atoms with Gasteiger partial charge < -0.3 is 15.3 Å². The molecule has 0 unspecified atom stereocenters. The molecule has 1 rings (SSSR count). The molecule has 0 amide bonds. The van der Waals surface area contributed by atoms with Crippen LogP contribution in [0.2, 0.25) is 0 Å². The Balaban J connectivity index is -0.0000000719. The van der Waals surface area contributed by atoms with Gasteiger partial charge in [-0.15, -0.1) is 6.42 Å². The molecular weight excluding hydrogens is 264 g/mol. The van der Waals surface area contributed by atoms with E-state index in [1.165, 1.54) is 0 Å². The van der Waals surface area contributed by atoms with Crippen LogP contribution < -0.4 is 0 Å². The number of hydrogen-bond acceptors (Lipinski definition) is 3. The summed E-state index contributed by atoms with van der Waals surface area (Å²) in [6.45, 7) is 6.75. The maximum Gasteiger partial charge on any atom is 0.0428 e. The smallest absolute Gasteiger partial charge is 0.0428 e. The van der Waals surface area contributed by atoms with Crippen molar-refractivity contribution in [3.8, 4) is 0 Å². The van der Waals surface area contributed by atoms with Gasteiger partial charge in [-0.05, 0) is 19.3 Å². The molecule has 0 aliphatic heterocycles. The molecule has 1 aliphatic rings. The minimum absolute atomic E-state index is 0. The van der Waals surface area contributed by atoms with E-state index in [0.717, 1.165) is 25.7 Å². The topological polar surface area (TPSA) is 60.7 Å². The Morgan fingerprint density at radius 3 is 1.28 bits per heavy atom. The van der Waals surface area contributed by atoms with Gasteiger partial charge in [0.2, 0.25) is 0 Å². The van der Waals surface area contributed by atoms with Gasteiger partial charge in [-0.1, -0.05) is 20.8 Å². The van der Waals surface area contributed by atoms with Crippen molar-refractivity contribution in [1.82, 2.24) is 0 Å². The van der Waals surface area contributed by atoms with Gasteiger partial charge in [-0.25, -0.2) is 12.2 Å². The van der Waals surface area contributed by atoms with Crippen molar-refractivity contribution < 1.29 is 37.0 Å². The standard InChI is InChI=1S/C5H5.3C3H8O.Ti/c1-2-4-5-3-1;3*1-2-3-4;/h1-3H,4H2;3*4H,2-3H2,1H3;/q-1;;;;. The van der Waals surface area contributed by atoms with E-state index in [0.29, 0.717) is 19.8 Å². The van der Waals surface area contributed by atoms with E-state index in [1.807, 2.05) is 32.9 Å². The molecule has 0 fully saturated rings. The van der Waals surface area contributed by atoms with Gasteiger partial charge in [0.15, 0.2) is 0 Å². The fourth-order valence-corrected chi connectivity index (χ4v) is 0.340. The van der Waals surface area contributed by atoms with Gasteiger partial charge in [0.05, 0.1) is 0 Å². The van der Waals surface area contributed by atoms with Gasteiger partial charge >= 0.3 is 0 Å². The van der Waals surface area contributed by atoms with Crippen molar-refractivity contribution in [3.63, 3.8) is 0 Å². The predicted octanol–water partition coefficient (Wildman–Crippen LogP) is 2.47. The molecule has 0 bridgehead atoms. The van der Waals surface area contributed by atoms with E-state index >= 15 is 0 Å². The second-order valence-electron chi connectivity index (χ2n) is 3.17. The van der Waals surface area contributed by atoms with Crippen LogP contribution in [0.5, 0.6) is 0 Å². The molecule has 0 aromatic heterocycles. The maximum atomic E-state index is 7.88. The zero-order valence-electron chi connectivity index (χ0n) is 12.0. The van der Waals surface area contributed by atoms with Crippen LogP contribution in [-0.2, 0) is 21.7 Å². The largest absolute Gasteiger partial charge is 0.396 e. The summed E-state index contributed by atoms with van der Waals surface area (Å²) in [5, 5.41) is 23.6. The maximum absolute atomic E-state index is 7.88. The second kappa shape index (κ2) is 36.0. The molecular formula is C14H29O3Ti-. The molecule has 4 heteroatoms. The van der Waals surface area contributed by atoms with Crippen molar-refractivity contribution in [2.75, 3.05) is 19.8 Å². The first kappa shape index (κ1) is 26.6. The van der Waals surface area contributed by atoms with Gasteiger partial charge in [0.1, 0.15) is 0 Å².